The van der Waals surface area contributed by atoms with E-state index < -0.39 is 15.9 Å². The van der Waals surface area contributed by atoms with Crippen molar-refractivity contribution in [3.8, 4) is 22.8 Å². The molecule has 4 heterocycles. The average molecular weight is 423 g/mol. The maximum atomic E-state index is 12.2. The first-order chi connectivity index (χ1) is 14.2. The summed E-state index contributed by atoms with van der Waals surface area (Å²) in [6.45, 7) is 1.87. The second-order valence-electron chi connectivity index (χ2n) is 6.62. The van der Waals surface area contributed by atoms with Crippen molar-refractivity contribution in [1.29, 1.82) is 0 Å². The predicted octanol–water partition coefficient (Wildman–Crippen LogP) is 1.43. The SMILES string of the molecule is Cc1cccc(-c2nc3cc(C(=O)NS(C)(=O)=O)ccn3c2-c2ccnc(N)n2)n1. The number of carbonyl (C=O) groups is 1. The summed E-state index contributed by atoms with van der Waals surface area (Å²) in [5.74, 6) is -0.638. The molecular weight excluding hydrogens is 406 g/mol. The number of fused-ring (bicyclic) bond motifs is 1. The highest BCUT2D eigenvalue weighted by Gasteiger charge is 2.20. The molecule has 0 atom stereocenters. The number of pyridine rings is 2. The van der Waals surface area contributed by atoms with Crippen molar-refractivity contribution in [2.75, 3.05) is 12.0 Å². The molecule has 11 heteroatoms. The van der Waals surface area contributed by atoms with Gasteiger partial charge in [-0.05, 0) is 37.3 Å². The molecule has 0 saturated carbocycles. The van der Waals surface area contributed by atoms with Crippen LogP contribution in [0, 0.1) is 6.92 Å². The fourth-order valence-corrected chi connectivity index (χ4v) is 3.47. The van der Waals surface area contributed by atoms with Crippen LogP contribution in [0.25, 0.3) is 28.4 Å². The quantitative estimate of drug-likeness (QED) is 0.501. The molecule has 0 saturated heterocycles. The molecule has 4 aromatic rings. The van der Waals surface area contributed by atoms with Gasteiger partial charge in [-0.25, -0.2) is 28.1 Å². The van der Waals surface area contributed by atoms with Crippen molar-refractivity contribution in [2.45, 2.75) is 6.92 Å². The minimum Gasteiger partial charge on any atom is -0.368 e. The summed E-state index contributed by atoms with van der Waals surface area (Å²) in [4.78, 5) is 29.7. The maximum Gasteiger partial charge on any atom is 0.264 e. The highest BCUT2D eigenvalue weighted by Crippen LogP contribution is 2.31. The molecule has 0 unspecified atom stereocenters. The van der Waals surface area contributed by atoms with Crippen LogP contribution in [-0.2, 0) is 10.0 Å². The number of nitrogen functional groups attached to an aromatic ring is 1. The number of hydrogen-bond donors (Lipinski definition) is 2. The molecule has 4 aromatic heterocycles. The van der Waals surface area contributed by atoms with Crippen molar-refractivity contribution < 1.29 is 13.2 Å². The van der Waals surface area contributed by atoms with Crippen molar-refractivity contribution in [2.24, 2.45) is 0 Å². The third-order valence-corrected chi connectivity index (χ3v) is 4.77. The summed E-state index contributed by atoms with van der Waals surface area (Å²) in [5, 5.41) is 0. The van der Waals surface area contributed by atoms with Gasteiger partial charge in [0.15, 0.2) is 0 Å². The minimum absolute atomic E-state index is 0.106. The molecule has 0 fully saturated rings. The van der Waals surface area contributed by atoms with E-state index in [1.54, 1.807) is 22.9 Å². The van der Waals surface area contributed by atoms with Crippen molar-refractivity contribution in [1.82, 2.24) is 29.1 Å². The molecule has 1 amide bonds. The number of nitrogens with two attached hydrogens (primary N) is 1. The largest absolute Gasteiger partial charge is 0.368 e. The molecule has 10 nitrogen and oxygen atoms in total. The number of hydrogen-bond acceptors (Lipinski definition) is 8. The lowest BCUT2D eigenvalue weighted by atomic mass is 10.1. The normalized spacial score (nSPS) is 11.5. The second-order valence-corrected chi connectivity index (χ2v) is 8.37. The van der Waals surface area contributed by atoms with Gasteiger partial charge in [-0.15, -0.1) is 0 Å². The number of carbonyl (C=O) groups excluding carboxylic acids is 1. The number of imidazole rings is 1. The van der Waals surface area contributed by atoms with Gasteiger partial charge in [0.25, 0.3) is 5.91 Å². The fourth-order valence-electron chi connectivity index (χ4n) is 3.02. The van der Waals surface area contributed by atoms with Crippen LogP contribution in [0.3, 0.4) is 0 Å². The zero-order valence-corrected chi connectivity index (χ0v) is 16.9. The van der Waals surface area contributed by atoms with E-state index in [0.29, 0.717) is 28.4 Å². The Morgan fingerprint density at radius 2 is 1.90 bits per heavy atom. The average Bonchev–Trinajstić information content (AvgIpc) is 3.05. The lowest BCUT2D eigenvalue weighted by Gasteiger charge is -2.06. The van der Waals surface area contributed by atoms with Crippen LogP contribution in [0.2, 0.25) is 0 Å². The summed E-state index contributed by atoms with van der Waals surface area (Å²) in [5.41, 5.74) is 9.45. The van der Waals surface area contributed by atoms with Gasteiger partial charge >= 0.3 is 0 Å². The minimum atomic E-state index is -3.69. The molecule has 0 spiro atoms. The van der Waals surface area contributed by atoms with Gasteiger partial charge < -0.3 is 5.73 Å². The van der Waals surface area contributed by atoms with Crippen LogP contribution >= 0.6 is 0 Å². The lowest BCUT2D eigenvalue weighted by molar-refractivity contribution is 0.0981. The molecule has 0 aliphatic carbocycles. The van der Waals surface area contributed by atoms with E-state index in [1.807, 2.05) is 29.8 Å². The van der Waals surface area contributed by atoms with Gasteiger partial charge in [0.2, 0.25) is 16.0 Å². The number of nitrogens with zero attached hydrogens (tertiary/aromatic N) is 5. The summed E-state index contributed by atoms with van der Waals surface area (Å²) in [6, 6.07) is 10.2. The zero-order chi connectivity index (χ0) is 21.5. The number of aryl methyl sites for hydroxylation is 1. The van der Waals surface area contributed by atoms with Crippen LogP contribution in [0.1, 0.15) is 16.1 Å². The van der Waals surface area contributed by atoms with Crippen LogP contribution in [-0.4, -0.2) is 44.9 Å². The van der Waals surface area contributed by atoms with Gasteiger partial charge in [0.1, 0.15) is 17.0 Å². The van der Waals surface area contributed by atoms with Crippen molar-refractivity contribution in [3.05, 3.63) is 60.0 Å². The third kappa shape index (κ3) is 3.82. The molecule has 0 radical (unpaired) electrons. The Morgan fingerprint density at radius 1 is 1.10 bits per heavy atom. The highest BCUT2D eigenvalue weighted by atomic mass is 32.2. The van der Waals surface area contributed by atoms with E-state index >= 15 is 0 Å². The first-order valence-electron chi connectivity index (χ1n) is 8.78. The van der Waals surface area contributed by atoms with E-state index in [-0.39, 0.29) is 11.5 Å². The summed E-state index contributed by atoms with van der Waals surface area (Å²) >= 11 is 0. The number of amides is 1. The van der Waals surface area contributed by atoms with Gasteiger partial charge in [-0.2, -0.15) is 0 Å². The Morgan fingerprint density at radius 3 is 2.60 bits per heavy atom. The van der Waals surface area contributed by atoms with Crippen LogP contribution in [0.4, 0.5) is 5.95 Å². The second kappa shape index (κ2) is 7.19. The topological polar surface area (TPSA) is 145 Å². The lowest BCUT2D eigenvalue weighted by Crippen LogP contribution is -2.29. The number of nitrogens with one attached hydrogen (secondary N) is 1. The van der Waals surface area contributed by atoms with Crippen LogP contribution in [0.15, 0.2) is 48.8 Å². The van der Waals surface area contributed by atoms with Crippen molar-refractivity contribution in [3.63, 3.8) is 0 Å². The zero-order valence-electron chi connectivity index (χ0n) is 16.1. The van der Waals surface area contributed by atoms with Gasteiger partial charge in [0.05, 0.1) is 17.6 Å². The van der Waals surface area contributed by atoms with E-state index in [0.717, 1.165) is 11.9 Å². The smallest absolute Gasteiger partial charge is 0.264 e. The van der Waals surface area contributed by atoms with Gasteiger partial charge in [0, 0.05) is 23.7 Å². The summed E-state index contributed by atoms with van der Waals surface area (Å²) in [7, 11) is -3.69. The molecule has 152 valence electrons. The van der Waals surface area contributed by atoms with E-state index in [9.17, 15) is 13.2 Å². The predicted molar refractivity (Wildman–Crippen MR) is 111 cm³/mol. The molecule has 3 N–H and O–H groups in total. The molecule has 4 rings (SSSR count). The Balaban J connectivity index is 1.94. The Kier molecular flexibility index (Phi) is 4.66. The van der Waals surface area contributed by atoms with E-state index in [1.165, 1.54) is 12.1 Å². The number of anilines is 1. The number of aromatic nitrogens is 5. The highest BCUT2D eigenvalue weighted by molar-refractivity contribution is 7.89. The van der Waals surface area contributed by atoms with Crippen LogP contribution < -0.4 is 10.5 Å². The molecule has 30 heavy (non-hydrogen) atoms. The molecule has 0 bridgehead atoms. The first-order valence-corrected chi connectivity index (χ1v) is 10.7. The van der Waals surface area contributed by atoms with Crippen molar-refractivity contribution >= 4 is 27.5 Å². The molecule has 0 aliphatic rings. The molecule has 0 aliphatic heterocycles. The Labute approximate surface area is 171 Å². The Bertz CT molecular complexity index is 1400. The molecule has 0 aromatic carbocycles. The number of sulfonamides is 1. The first kappa shape index (κ1) is 19.5. The maximum absolute atomic E-state index is 12.2. The summed E-state index contributed by atoms with van der Waals surface area (Å²) in [6.07, 6.45) is 4.07. The van der Waals surface area contributed by atoms with E-state index in [2.05, 4.69) is 19.9 Å². The summed E-state index contributed by atoms with van der Waals surface area (Å²) < 4.78 is 26.4. The number of rotatable bonds is 4. The monoisotopic (exact) mass is 423 g/mol. The third-order valence-electron chi connectivity index (χ3n) is 4.21. The van der Waals surface area contributed by atoms with E-state index in [4.69, 9.17) is 5.73 Å². The standard InChI is InChI=1S/C19H17N7O3S/c1-11-4-3-5-13(22-11)16-17(14-6-8-21-19(20)23-14)26-9-7-12(10-15(26)24-16)18(27)25-30(2,28)29/h3-10H,1-2H3,(H,25,27)(H2,20,21,23). The fraction of sp³-hybridized carbons (Fsp3) is 0.105. The molecular formula is C19H17N7O3S. The van der Waals surface area contributed by atoms with Gasteiger partial charge in [-0.1, -0.05) is 6.07 Å². The van der Waals surface area contributed by atoms with Crippen LogP contribution in [0.5, 0.6) is 0 Å². The Hall–Kier alpha value is -3.86. The van der Waals surface area contributed by atoms with Gasteiger partial charge in [-0.3, -0.25) is 14.2 Å².